The lowest BCUT2D eigenvalue weighted by Crippen LogP contribution is -1.94. The lowest BCUT2D eigenvalue weighted by atomic mass is 9.94. The Kier molecular flexibility index (Phi) is 6.02. The maximum atomic E-state index is 9.93. The second-order valence-corrected chi connectivity index (χ2v) is 4.09. The molecule has 0 aromatic heterocycles. The molecular formula is C13H22O2. The van der Waals surface area contributed by atoms with E-state index in [4.69, 9.17) is 5.11 Å². The fraction of sp³-hybridized carbons (Fsp3) is 0.538. The first-order valence-corrected chi connectivity index (χ1v) is 5.30. The Labute approximate surface area is 92.6 Å². The molecule has 0 bridgehead atoms. The highest BCUT2D eigenvalue weighted by atomic mass is 16.3. The number of aliphatic hydroxyl groups is 1. The maximum absolute atomic E-state index is 9.93. The highest BCUT2D eigenvalue weighted by Gasteiger charge is 2.11. The smallest absolute Gasteiger partial charge is 0.122 e. The third kappa shape index (κ3) is 3.56. The van der Waals surface area contributed by atoms with Crippen LogP contribution in [0.5, 0.6) is 5.75 Å². The summed E-state index contributed by atoms with van der Waals surface area (Å²) < 4.78 is 0. The van der Waals surface area contributed by atoms with Gasteiger partial charge in [-0.3, -0.25) is 0 Å². The number of hydrogen-bond donors (Lipinski definition) is 2. The fourth-order valence-corrected chi connectivity index (χ4v) is 1.51. The number of rotatable bonds is 2. The summed E-state index contributed by atoms with van der Waals surface area (Å²) in [5, 5.41) is 16.9. The van der Waals surface area contributed by atoms with Crippen molar-refractivity contribution in [2.75, 3.05) is 7.11 Å². The average molecular weight is 210 g/mol. The third-order valence-electron chi connectivity index (χ3n) is 2.34. The van der Waals surface area contributed by atoms with Gasteiger partial charge in [-0.25, -0.2) is 0 Å². The van der Waals surface area contributed by atoms with Crippen molar-refractivity contribution < 1.29 is 10.2 Å². The second-order valence-electron chi connectivity index (χ2n) is 4.09. The quantitative estimate of drug-likeness (QED) is 0.786. The van der Waals surface area contributed by atoms with Crippen LogP contribution in [-0.4, -0.2) is 17.3 Å². The van der Waals surface area contributed by atoms with Crippen LogP contribution in [0.25, 0.3) is 0 Å². The van der Waals surface area contributed by atoms with E-state index in [1.165, 1.54) is 0 Å². The standard InChI is InChI=1S/C12H18O.CH4O/c1-8(2)10-6-5-7-11(9(3)4)12(10)13;1-2/h5-9,13H,1-4H3;2H,1H3. The fourth-order valence-electron chi connectivity index (χ4n) is 1.51. The molecule has 2 heteroatoms. The monoisotopic (exact) mass is 210 g/mol. The van der Waals surface area contributed by atoms with Gasteiger partial charge in [0.15, 0.2) is 0 Å². The Morgan fingerprint density at radius 2 is 1.20 bits per heavy atom. The first-order chi connectivity index (χ1) is 7.04. The van der Waals surface area contributed by atoms with Crippen LogP contribution in [0.4, 0.5) is 0 Å². The molecule has 0 unspecified atom stereocenters. The van der Waals surface area contributed by atoms with Crippen LogP contribution in [-0.2, 0) is 0 Å². The van der Waals surface area contributed by atoms with Crippen molar-refractivity contribution in [1.82, 2.24) is 0 Å². The lowest BCUT2D eigenvalue weighted by molar-refractivity contribution is 0.399. The topological polar surface area (TPSA) is 40.5 Å². The normalized spacial score (nSPS) is 10.1. The van der Waals surface area contributed by atoms with Gasteiger partial charge in [-0.1, -0.05) is 45.9 Å². The first-order valence-electron chi connectivity index (χ1n) is 5.30. The molecule has 0 aliphatic heterocycles. The first kappa shape index (κ1) is 14.0. The van der Waals surface area contributed by atoms with Crippen LogP contribution < -0.4 is 0 Å². The number of hydrogen-bond acceptors (Lipinski definition) is 2. The van der Waals surface area contributed by atoms with Crippen molar-refractivity contribution in [1.29, 1.82) is 0 Å². The van der Waals surface area contributed by atoms with Gasteiger partial charge in [0.05, 0.1) is 0 Å². The summed E-state index contributed by atoms with van der Waals surface area (Å²) in [6.07, 6.45) is 0. The summed E-state index contributed by atoms with van der Waals surface area (Å²) in [5.74, 6) is 1.25. The van der Waals surface area contributed by atoms with E-state index in [1.54, 1.807) is 0 Å². The average Bonchev–Trinajstić information content (AvgIpc) is 2.20. The van der Waals surface area contributed by atoms with E-state index < -0.39 is 0 Å². The molecule has 0 heterocycles. The molecule has 0 aliphatic rings. The van der Waals surface area contributed by atoms with Gasteiger partial charge in [0.25, 0.3) is 0 Å². The Bertz CT molecular complexity index is 264. The van der Waals surface area contributed by atoms with Gasteiger partial charge in [-0.05, 0) is 23.0 Å². The minimum Gasteiger partial charge on any atom is -0.507 e. The van der Waals surface area contributed by atoms with Crippen molar-refractivity contribution in [3.05, 3.63) is 29.3 Å². The van der Waals surface area contributed by atoms with Crippen molar-refractivity contribution in [3.8, 4) is 5.75 Å². The summed E-state index contributed by atoms with van der Waals surface area (Å²) >= 11 is 0. The van der Waals surface area contributed by atoms with Gasteiger partial charge in [-0.2, -0.15) is 0 Å². The highest BCUT2D eigenvalue weighted by molar-refractivity contribution is 5.43. The lowest BCUT2D eigenvalue weighted by Gasteiger charge is -2.14. The number of aliphatic hydroxyl groups excluding tert-OH is 1. The van der Waals surface area contributed by atoms with Crippen LogP contribution in [0.15, 0.2) is 18.2 Å². The Hall–Kier alpha value is -1.02. The van der Waals surface area contributed by atoms with E-state index in [9.17, 15) is 5.11 Å². The maximum Gasteiger partial charge on any atom is 0.122 e. The molecule has 0 radical (unpaired) electrons. The van der Waals surface area contributed by atoms with Gasteiger partial charge in [-0.15, -0.1) is 0 Å². The number of para-hydroxylation sites is 1. The second kappa shape index (κ2) is 6.46. The predicted octanol–water partition coefficient (Wildman–Crippen LogP) is 3.25. The number of aromatic hydroxyl groups is 1. The van der Waals surface area contributed by atoms with Crippen molar-refractivity contribution in [3.63, 3.8) is 0 Å². The van der Waals surface area contributed by atoms with E-state index in [-0.39, 0.29) is 0 Å². The molecule has 2 N–H and O–H groups in total. The molecule has 1 rings (SSSR count). The Morgan fingerprint density at radius 1 is 0.867 bits per heavy atom. The zero-order chi connectivity index (χ0) is 12.0. The molecule has 0 aliphatic carbocycles. The van der Waals surface area contributed by atoms with Gasteiger partial charge >= 0.3 is 0 Å². The van der Waals surface area contributed by atoms with Crippen LogP contribution in [0.3, 0.4) is 0 Å². The summed E-state index contributed by atoms with van der Waals surface area (Å²) in [5.41, 5.74) is 2.09. The summed E-state index contributed by atoms with van der Waals surface area (Å²) in [7, 11) is 1.00. The van der Waals surface area contributed by atoms with Gasteiger partial charge in [0.2, 0.25) is 0 Å². The van der Waals surface area contributed by atoms with E-state index in [0.717, 1.165) is 18.2 Å². The molecule has 0 saturated carbocycles. The minimum absolute atomic E-state index is 0.388. The molecule has 1 aromatic carbocycles. The van der Waals surface area contributed by atoms with E-state index in [2.05, 4.69) is 27.7 Å². The molecule has 0 amide bonds. The molecule has 1 aromatic rings. The zero-order valence-electron chi connectivity index (χ0n) is 10.3. The van der Waals surface area contributed by atoms with E-state index >= 15 is 0 Å². The SMILES string of the molecule is CC(C)c1cccc(C(C)C)c1O.CO. The summed E-state index contributed by atoms with van der Waals surface area (Å²) in [4.78, 5) is 0. The molecule has 0 saturated heterocycles. The largest absolute Gasteiger partial charge is 0.507 e. The zero-order valence-corrected chi connectivity index (χ0v) is 10.3. The summed E-state index contributed by atoms with van der Waals surface area (Å²) in [6, 6.07) is 6.00. The Morgan fingerprint density at radius 3 is 1.47 bits per heavy atom. The van der Waals surface area contributed by atoms with Crippen LogP contribution in [0.2, 0.25) is 0 Å². The highest BCUT2D eigenvalue weighted by Crippen LogP contribution is 2.32. The number of phenolic OH excluding ortho intramolecular Hbond substituents is 1. The molecule has 0 atom stereocenters. The van der Waals surface area contributed by atoms with Gasteiger partial charge in [0, 0.05) is 7.11 Å². The van der Waals surface area contributed by atoms with Crippen LogP contribution in [0, 0.1) is 0 Å². The molecule has 86 valence electrons. The molecule has 2 nitrogen and oxygen atoms in total. The molecule has 0 spiro atoms. The Balaban J connectivity index is 0.000000921. The molecule has 15 heavy (non-hydrogen) atoms. The number of benzene rings is 1. The van der Waals surface area contributed by atoms with Gasteiger partial charge in [0.1, 0.15) is 5.75 Å². The van der Waals surface area contributed by atoms with Crippen molar-refractivity contribution >= 4 is 0 Å². The molecule has 0 fully saturated rings. The van der Waals surface area contributed by atoms with Crippen molar-refractivity contribution in [2.24, 2.45) is 0 Å². The molecular weight excluding hydrogens is 188 g/mol. The van der Waals surface area contributed by atoms with Gasteiger partial charge < -0.3 is 10.2 Å². The van der Waals surface area contributed by atoms with Crippen LogP contribution in [0.1, 0.15) is 50.7 Å². The third-order valence-corrected chi connectivity index (χ3v) is 2.34. The number of phenols is 1. The van der Waals surface area contributed by atoms with E-state index in [1.807, 2.05) is 18.2 Å². The van der Waals surface area contributed by atoms with E-state index in [0.29, 0.717) is 17.6 Å². The summed E-state index contributed by atoms with van der Waals surface area (Å²) in [6.45, 7) is 8.39. The minimum atomic E-state index is 0.388. The van der Waals surface area contributed by atoms with Crippen LogP contribution >= 0.6 is 0 Å². The predicted molar refractivity (Wildman–Crippen MR) is 64.4 cm³/mol. The van der Waals surface area contributed by atoms with Crippen molar-refractivity contribution in [2.45, 2.75) is 39.5 Å².